The Morgan fingerprint density at radius 2 is 2.04 bits per heavy atom. The van der Waals surface area contributed by atoms with Gasteiger partial charge in [0.15, 0.2) is 6.23 Å². The number of ether oxygens (including phenoxy) is 2. The van der Waals surface area contributed by atoms with Gasteiger partial charge in [-0.25, -0.2) is 4.79 Å². The summed E-state index contributed by atoms with van der Waals surface area (Å²) in [6.07, 6.45) is 1.60. The van der Waals surface area contributed by atoms with Crippen molar-refractivity contribution in [1.29, 1.82) is 0 Å². The zero-order valence-corrected chi connectivity index (χ0v) is 13.7. The molecule has 4 nitrogen and oxygen atoms in total. The summed E-state index contributed by atoms with van der Waals surface area (Å²) in [5.41, 5.74) is 3.95. The van der Waals surface area contributed by atoms with Crippen LogP contribution in [-0.2, 0) is 9.47 Å². The van der Waals surface area contributed by atoms with E-state index in [1.807, 2.05) is 24.3 Å². The summed E-state index contributed by atoms with van der Waals surface area (Å²) in [5, 5.41) is 3.40. The van der Waals surface area contributed by atoms with Crippen molar-refractivity contribution in [2.75, 3.05) is 11.9 Å². The van der Waals surface area contributed by atoms with Crippen molar-refractivity contribution >= 4 is 11.7 Å². The average molecular weight is 323 g/mol. The largest absolute Gasteiger partial charge is 0.438 e. The summed E-state index contributed by atoms with van der Waals surface area (Å²) in [6.45, 7) is 2.84. The summed E-state index contributed by atoms with van der Waals surface area (Å²) in [6, 6.07) is 15.4. The van der Waals surface area contributed by atoms with Crippen LogP contribution in [-0.4, -0.2) is 18.8 Å². The number of aryl methyl sites for hydroxylation is 1. The standard InChI is InChI=1S/C20H21NO3/c1-13-9-10-17-16(12-13)18-15(8-5-11-23-18)19(21-17)24-20(22)14-6-3-2-4-7-14/h2-4,6-7,9-10,12,15,18-19,21H,5,8,11H2,1H3/t15-,18-,19+/m1/s1. The van der Waals surface area contributed by atoms with Gasteiger partial charge in [0.1, 0.15) is 0 Å². The highest BCUT2D eigenvalue weighted by atomic mass is 16.6. The predicted octanol–water partition coefficient (Wildman–Crippen LogP) is 4.07. The van der Waals surface area contributed by atoms with E-state index in [1.54, 1.807) is 12.1 Å². The van der Waals surface area contributed by atoms with Crippen molar-refractivity contribution in [2.24, 2.45) is 5.92 Å². The maximum absolute atomic E-state index is 12.5. The van der Waals surface area contributed by atoms with E-state index in [0.717, 1.165) is 25.1 Å². The number of hydrogen-bond donors (Lipinski definition) is 1. The van der Waals surface area contributed by atoms with E-state index in [1.165, 1.54) is 11.1 Å². The zero-order valence-electron chi connectivity index (χ0n) is 13.7. The van der Waals surface area contributed by atoms with Gasteiger partial charge in [-0.2, -0.15) is 0 Å². The number of benzene rings is 2. The van der Waals surface area contributed by atoms with E-state index in [4.69, 9.17) is 9.47 Å². The van der Waals surface area contributed by atoms with Crippen LogP contribution in [0.15, 0.2) is 48.5 Å². The monoisotopic (exact) mass is 323 g/mol. The van der Waals surface area contributed by atoms with Crippen LogP contribution in [0.4, 0.5) is 5.69 Å². The van der Waals surface area contributed by atoms with Crippen LogP contribution >= 0.6 is 0 Å². The van der Waals surface area contributed by atoms with Crippen LogP contribution in [0.1, 0.15) is 40.4 Å². The Kier molecular flexibility index (Phi) is 3.98. The topological polar surface area (TPSA) is 47.6 Å². The van der Waals surface area contributed by atoms with Gasteiger partial charge in [0.25, 0.3) is 0 Å². The minimum atomic E-state index is -0.363. The minimum absolute atomic E-state index is 0.0107. The van der Waals surface area contributed by atoms with E-state index in [9.17, 15) is 4.79 Å². The highest BCUT2D eigenvalue weighted by Crippen LogP contribution is 2.44. The molecule has 0 radical (unpaired) electrons. The number of anilines is 1. The fourth-order valence-electron chi connectivity index (χ4n) is 3.62. The number of hydrogen-bond acceptors (Lipinski definition) is 4. The van der Waals surface area contributed by atoms with Crippen LogP contribution in [0, 0.1) is 12.8 Å². The predicted molar refractivity (Wildman–Crippen MR) is 91.9 cm³/mol. The molecule has 24 heavy (non-hydrogen) atoms. The molecule has 0 saturated carbocycles. The van der Waals surface area contributed by atoms with Gasteiger partial charge in [0.2, 0.25) is 0 Å². The zero-order chi connectivity index (χ0) is 16.5. The molecule has 0 aromatic heterocycles. The second kappa shape index (κ2) is 6.29. The van der Waals surface area contributed by atoms with E-state index in [2.05, 4.69) is 24.4 Å². The molecule has 2 aliphatic heterocycles. The third-order valence-electron chi connectivity index (χ3n) is 4.81. The molecule has 1 fully saturated rings. The lowest BCUT2D eigenvalue weighted by Crippen LogP contribution is -2.44. The van der Waals surface area contributed by atoms with Gasteiger partial charge in [-0.05, 0) is 38.0 Å². The second-order valence-electron chi connectivity index (χ2n) is 6.52. The van der Waals surface area contributed by atoms with Crippen molar-refractivity contribution in [3.63, 3.8) is 0 Å². The molecule has 2 aromatic carbocycles. The van der Waals surface area contributed by atoms with E-state index in [-0.39, 0.29) is 24.2 Å². The third kappa shape index (κ3) is 2.78. The molecule has 0 amide bonds. The average Bonchev–Trinajstić information content (AvgIpc) is 2.63. The Balaban J connectivity index is 1.61. The number of carbonyl (C=O) groups is 1. The highest BCUT2D eigenvalue weighted by molar-refractivity contribution is 5.89. The summed E-state index contributed by atoms with van der Waals surface area (Å²) >= 11 is 0. The molecule has 2 aromatic rings. The molecule has 4 rings (SSSR count). The molecular formula is C20H21NO3. The van der Waals surface area contributed by atoms with Crippen molar-refractivity contribution < 1.29 is 14.3 Å². The fraction of sp³-hybridized carbons (Fsp3) is 0.350. The van der Waals surface area contributed by atoms with E-state index >= 15 is 0 Å². The molecule has 0 unspecified atom stereocenters. The van der Waals surface area contributed by atoms with Crippen molar-refractivity contribution in [3.05, 3.63) is 65.2 Å². The summed E-state index contributed by atoms with van der Waals surface area (Å²) in [7, 11) is 0. The first kappa shape index (κ1) is 15.2. The van der Waals surface area contributed by atoms with Crippen LogP contribution in [0.5, 0.6) is 0 Å². The Hall–Kier alpha value is -2.33. The van der Waals surface area contributed by atoms with E-state index in [0.29, 0.717) is 5.56 Å². The van der Waals surface area contributed by atoms with Gasteiger partial charge < -0.3 is 14.8 Å². The Bertz CT molecular complexity index is 744. The van der Waals surface area contributed by atoms with Crippen LogP contribution in [0.3, 0.4) is 0 Å². The minimum Gasteiger partial charge on any atom is -0.438 e. The molecule has 4 heteroatoms. The van der Waals surface area contributed by atoms with Gasteiger partial charge in [-0.1, -0.05) is 35.9 Å². The molecule has 0 aliphatic carbocycles. The second-order valence-corrected chi connectivity index (χ2v) is 6.52. The normalized spacial score (nSPS) is 25.1. The molecule has 2 heterocycles. The number of fused-ring (bicyclic) bond motifs is 3. The van der Waals surface area contributed by atoms with Gasteiger partial charge in [0, 0.05) is 23.8 Å². The van der Waals surface area contributed by atoms with Crippen molar-refractivity contribution in [3.8, 4) is 0 Å². The highest BCUT2D eigenvalue weighted by Gasteiger charge is 2.41. The van der Waals surface area contributed by atoms with Gasteiger partial charge in [0.05, 0.1) is 11.7 Å². The van der Waals surface area contributed by atoms with Crippen LogP contribution < -0.4 is 5.32 Å². The van der Waals surface area contributed by atoms with Crippen molar-refractivity contribution in [1.82, 2.24) is 0 Å². The first-order valence-corrected chi connectivity index (χ1v) is 8.47. The SMILES string of the molecule is Cc1ccc2c(c1)[C@@H]1OCCC[C@H]1[C@H](OC(=O)c1ccccc1)N2. The van der Waals surface area contributed by atoms with Gasteiger partial charge in [-0.15, -0.1) is 0 Å². The maximum Gasteiger partial charge on any atom is 0.340 e. The summed E-state index contributed by atoms with van der Waals surface area (Å²) in [5.74, 6) is -0.159. The Labute approximate surface area is 141 Å². The molecule has 3 atom stereocenters. The number of nitrogens with one attached hydrogen (secondary N) is 1. The van der Waals surface area contributed by atoms with Gasteiger partial charge in [-0.3, -0.25) is 0 Å². The first-order valence-electron chi connectivity index (χ1n) is 8.47. The quantitative estimate of drug-likeness (QED) is 0.846. The molecule has 124 valence electrons. The molecule has 0 spiro atoms. The van der Waals surface area contributed by atoms with Crippen LogP contribution in [0.2, 0.25) is 0 Å². The lowest BCUT2D eigenvalue weighted by molar-refractivity contribution is -0.0778. The van der Waals surface area contributed by atoms with Crippen LogP contribution in [0.25, 0.3) is 0 Å². The van der Waals surface area contributed by atoms with Crippen molar-refractivity contribution in [2.45, 2.75) is 32.1 Å². The van der Waals surface area contributed by atoms with E-state index < -0.39 is 0 Å². The smallest absolute Gasteiger partial charge is 0.340 e. The Morgan fingerprint density at radius 1 is 1.21 bits per heavy atom. The maximum atomic E-state index is 12.5. The molecule has 1 N–H and O–H groups in total. The Morgan fingerprint density at radius 3 is 2.88 bits per heavy atom. The third-order valence-corrected chi connectivity index (χ3v) is 4.81. The summed E-state index contributed by atoms with van der Waals surface area (Å²) < 4.78 is 11.9. The molecule has 0 bridgehead atoms. The molecule has 1 saturated heterocycles. The summed E-state index contributed by atoms with van der Waals surface area (Å²) in [4.78, 5) is 12.5. The molecule has 2 aliphatic rings. The fourth-order valence-corrected chi connectivity index (χ4v) is 3.62. The number of carbonyl (C=O) groups excluding carboxylic acids is 1. The first-order chi connectivity index (χ1) is 11.7. The number of esters is 1. The lowest BCUT2D eigenvalue weighted by Gasteiger charge is -2.42. The van der Waals surface area contributed by atoms with Gasteiger partial charge >= 0.3 is 5.97 Å². The molecular weight excluding hydrogens is 302 g/mol. The lowest BCUT2D eigenvalue weighted by atomic mass is 9.83. The number of rotatable bonds is 2.